The number of hydrogen-bond donors (Lipinski definition) is 1. The molecule has 0 fully saturated rings. The number of nitrogens with one attached hydrogen (secondary N) is 1. The number of rotatable bonds is 5. The van der Waals surface area contributed by atoms with Gasteiger partial charge < -0.3 is 10.1 Å². The van der Waals surface area contributed by atoms with Crippen LogP contribution in [0, 0.1) is 11.3 Å². The average Bonchev–Trinajstić information content (AvgIpc) is 2.12. The molecule has 1 amide bonds. The molecule has 0 spiro atoms. The largest absolute Gasteiger partial charge is 0.378 e. The van der Waals surface area contributed by atoms with Gasteiger partial charge in [0.05, 0.1) is 18.1 Å². The Labute approximate surface area is 87.2 Å². The molecule has 0 saturated heterocycles. The van der Waals surface area contributed by atoms with E-state index in [0.29, 0.717) is 6.61 Å². The lowest BCUT2D eigenvalue weighted by Gasteiger charge is -2.32. The second-order valence-electron chi connectivity index (χ2n) is 4.51. The molecule has 0 heterocycles. The van der Waals surface area contributed by atoms with Gasteiger partial charge in [-0.2, -0.15) is 0 Å². The van der Waals surface area contributed by atoms with Crippen LogP contribution in [0.5, 0.6) is 0 Å². The van der Waals surface area contributed by atoms with Crippen LogP contribution in [-0.2, 0) is 9.53 Å². The van der Waals surface area contributed by atoms with Crippen molar-refractivity contribution in [2.45, 2.75) is 40.7 Å². The average molecular weight is 201 g/mol. The van der Waals surface area contributed by atoms with E-state index in [2.05, 4.69) is 5.32 Å². The van der Waals surface area contributed by atoms with Crippen molar-refractivity contribution in [2.75, 3.05) is 13.7 Å². The van der Waals surface area contributed by atoms with Crippen LogP contribution in [0.3, 0.4) is 0 Å². The fourth-order valence-electron chi connectivity index (χ4n) is 1.12. The van der Waals surface area contributed by atoms with Crippen LogP contribution in [-0.4, -0.2) is 25.7 Å². The minimum atomic E-state index is -0.432. The van der Waals surface area contributed by atoms with Crippen LogP contribution >= 0.6 is 0 Å². The summed E-state index contributed by atoms with van der Waals surface area (Å²) in [6, 6.07) is 0. The fourth-order valence-corrected chi connectivity index (χ4v) is 1.12. The molecule has 0 aliphatic heterocycles. The summed E-state index contributed by atoms with van der Waals surface area (Å²) >= 11 is 0. The van der Waals surface area contributed by atoms with Crippen LogP contribution in [0.25, 0.3) is 0 Å². The number of carbonyl (C=O) groups excluding carboxylic acids is 1. The first-order valence-electron chi connectivity index (χ1n) is 5.18. The van der Waals surface area contributed by atoms with Crippen molar-refractivity contribution in [3.05, 3.63) is 0 Å². The Balaban J connectivity index is 4.48. The van der Waals surface area contributed by atoms with Gasteiger partial charge in [-0.25, -0.2) is 0 Å². The lowest BCUT2D eigenvalue weighted by molar-refractivity contribution is -0.137. The van der Waals surface area contributed by atoms with Crippen molar-refractivity contribution in [1.29, 1.82) is 0 Å². The molecule has 0 rings (SSSR count). The van der Waals surface area contributed by atoms with Crippen molar-refractivity contribution in [2.24, 2.45) is 11.3 Å². The van der Waals surface area contributed by atoms with Crippen molar-refractivity contribution >= 4 is 5.91 Å². The minimum absolute atomic E-state index is 0.0492. The van der Waals surface area contributed by atoms with Crippen LogP contribution in [0.2, 0.25) is 0 Å². The van der Waals surface area contributed by atoms with Crippen molar-refractivity contribution in [3.8, 4) is 0 Å². The first kappa shape index (κ1) is 13.4. The third kappa shape index (κ3) is 3.29. The first-order valence-corrected chi connectivity index (χ1v) is 5.18. The lowest BCUT2D eigenvalue weighted by atomic mass is 9.79. The van der Waals surface area contributed by atoms with Crippen LogP contribution in [0.15, 0.2) is 0 Å². The second kappa shape index (κ2) is 5.35. The summed E-state index contributed by atoms with van der Waals surface area (Å²) in [5.74, 6) is 0.314. The molecule has 1 atom stereocenters. The van der Waals surface area contributed by atoms with Crippen molar-refractivity contribution in [3.63, 3.8) is 0 Å². The molecule has 14 heavy (non-hydrogen) atoms. The molecule has 1 N–H and O–H groups in total. The highest BCUT2D eigenvalue weighted by atomic mass is 16.5. The highest BCUT2D eigenvalue weighted by Gasteiger charge is 2.36. The Bertz CT molecular complexity index is 190. The number of amides is 1. The maximum Gasteiger partial charge on any atom is 0.228 e. The molecular weight excluding hydrogens is 178 g/mol. The number of carbonyl (C=O) groups is 1. The zero-order valence-corrected chi connectivity index (χ0v) is 10.2. The molecule has 3 nitrogen and oxygen atoms in total. The van der Waals surface area contributed by atoms with Gasteiger partial charge in [-0.3, -0.25) is 4.79 Å². The molecule has 0 radical (unpaired) electrons. The quantitative estimate of drug-likeness (QED) is 0.737. The standard InChI is InChI=1S/C11H23NO2/c1-8(2)11(5,10(13)12-6)7-14-9(3)4/h8-9H,7H2,1-6H3,(H,12,13). The lowest BCUT2D eigenvalue weighted by Crippen LogP contribution is -2.44. The monoisotopic (exact) mass is 201 g/mol. The van der Waals surface area contributed by atoms with Gasteiger partial charge >= 0.3 is 0 Å². The smallest absolute Gasteiger partial charge is 0.228 e. The van der Waals surface area contributed by atoms with Gasteiger partial charge in [0.2, 0.25) is 5.91 Å². The second-order valence-corrected chi connectivity index (χ2v) is 4.51. The summed E-state index contributed by atoms with van der Waals surface area (Å²) < 4.78 is 5.53. The third-order valence-electron chi connectivity index (χ3n) is 2.74. The molecule has 0 aliphatic rings. The zero-order valence-electron chi connectivity index (χ0n) is 10.2. The predicted octanol–water partition coefficient (Wildman–Crippen LogP) is 1.82. The van der Waals surface area contributed by atoms with Crippen LogP contribution in [0.4, 0.5) is 0 Å². The van der Waals surface area contributed by atoms with Crippen molar-refractivity contribution < 1.29 is 9.53 Å². The summed E-state index contributed by atoms with van der Waals surface area (Å²) in [6.07, 6.45) is 0.165. The van der Waals surface area contributed by atoms with Crippen molar-refractivity contribution in [1.82, 2.24) is 5.32 Å². The van der Waals surface area contributed by atoms with Gasteiger partial charge in [-0.05, 0) is 26.7 Å². The topological polar surface area (TPSA) is 38.3 Å². The third-order valence-corrected chi connectivity index (χ3v) is 2.74. The van der Waals surface area contributed by atoms with Gasteiger partial charge in [0.15, 0.2) is 0 Å². The molecule has 3 heteroatoms. The van der Waals surface area contributed by atoms with Gasteiger partial charge in [-0.15, -0.1) is 0 Å². The molecule has 0 saturated carbocycles. The molecule has 0 aromatic carbocycles. The summed E-state index contributed by atoms with van der Waals surface area (Å²) in [5.41, 5.74) is -0.432. The highest BCUT2D eigenvalue weighted by molar-refractivity contribution is 5.82. The molecule has 84 valence electrons. The van der Waals surface area contributed by atoms with E-state index in [1.807, 2.05) is 34.6 Å². The van der Waals surface area contributed by atoms with E-state index in [1.165, 1.54) is 0 Å². The summed E-state index contributed by atoms with van der Waals surface area (Å²) in [6.45, 7) is 10.5. The maximum atomic E-state index is 11.7. The van der Waals surface area contributed by atoms with E-state index >= 15 is 0 Å². The van der Waals surface area contributed by atoms with E-state index < -0.39 is 5.41 Å². The summed E-state index contributed by atoms with van der Waals surface area (Å²) in [7, 11) is 1.67. The van der Waals surface area contributed by atoms with Crippen LogP contribution < -0.4 is 5.32 Å². The predicted molar refractivity (Wildman–Crippen MR) is 58.1 cm³/mol. The van der Waals surface area contributed by atoms with E-state index in [9.17, 15) is 4.79 Å². The molecule has 0 aliphatic carbocycles. The van der Waals surface area contributed by atoms with Gasteiger partial charge in [-0.1, -0.05) is 13.8 Å². The van der Waals surface area contributed by atoms with Gasteiger partial charge in [0.1, 0.15) is 0 Å². The first-order chi connectivity index (χ1) is 6.34. The summed E-state index contributed by atoms with van der Waals surface area (Å²) in [5, 5.41) is 2.69. The van der Waals surface area contributed by atoms with Crippen LogP contribution in [0.1, 0.15) is 34.6 Å². The highest BCUT2D eigenvalue weighted by Crippen LogP contribution is 2.27. The van der Waals surface area contributed by atoms with E-state index in [1.54, 1.807) is 7.05 Å². The van der Waals surface area contributed by atoms with E-state index in [4.69, 9.17) is 4.74 Å². The molecule has 0 aromatic heterocycles. The summed E-state index contributed by atoms with van der Waals surface area (Å²) in [4.78, 5) is 11.7. The Morgan fingerprint density at radius 1 is 1.36 bits per heavy atom. The molecule has 0 bridgehead atoms. The fraction of sp³-hybridized carbons (Fsp3) is 0.909. The molecule has 0 aromatic rings. The normalized spacial score (nSPS) is 15.7. The SMILES string of the molecule is CNC(=O)C(C)(COC(C)C)C(C)C. The van der Waals surface area contributed by atoms with E-state index in [0.717, 1.165) is 0 Å². The zero-order chi connectivity index (χ0) is 11.4. The Kier molecular flexibility index (Phi) is 5.13. The Morgan fingerprint density at radius 3 is 2.14 bits per heavy atom. The maximum absolute atomic E-state index is 11.7. The van der Waals surface area contributed by atoms with Gasteiger partial charge in [0, 0.05) is 7.05 Å². The molecule has 1 unspecified atom stereocenters. The Morgan fingerprint density at radius 2 is 1.86 bits per heavy atom. The van der Waals surface area contributed by atoms with Gasteiger partial charge in [0.25, 0.3) is 0 Å². The van der Waals surface area contributed by atoms with E-state index in [-0.39, 0.29) is 17.9 Å². The number of hydrogen-bond acceptors (Lipinski definition) is 2. The number of ether oxygens (including phenoxy) is 1. The minimum Gasteiger partial charge on any atom is -0.378 e. The Hall–Kier alpha value is -0.570. The molecular formula is C11H23NO2.